The maximum atomic E-state index is 13.0. The summed E-state index contributed by atoms with van der Waals surface area (Å²) in [5, 5.41) is 6.23. The summed E-state index contributed by atoms with van der Waals surface area (Å²) in [5.41, 5.74) is 4.22. The predicted molar refractivity (Wildman–Crippen MR) is 169 cm³/mol. The highest BCUT2D eigenvalue weighted by Crippen LogP contribution is 2.28. The van der Waals surface area contributed by atoms with Crippen LogP contribution in [-0.2, 0) is 53.8 Å². The minimum Gasteiger partial charge on any atom is -0.345 e. The third-order valence-electron chi connectivity index (χ3n) is 6.66. The molecule has 1 saturated heterocycles. The van der Waals surface area contributed by atoms with Gasteiger partial charge < -0.3 is 10.6 Å². The minimum absolute atomic E-state index is 0.0443. The van der Waals surface area contributed by atoms with Gasteiger partial charge in [0.1, 0.15) is 0 Å². The molecule has 20 heteroatoms. The van der Waals surface area contributed by atoms with E-state index in [-0.39, 0.29) is 22.8 Å². The standard InChI is InChI=1S/C28H33N7O11S2/c1-27(2)13-20(14-28(3,4)34-27)29-24(40)25(41)31-30-17-8-10-18(11-9-17)32-47(43,44)21-7-5-6-19(12-21)33-48(45,46)35(16-37)26(42)23(39)22(38)15-36/h5-12,15-16,20,30,32-34H,13-14H2,1-4H3,(H,29,40)(H,31,41). The monoisotopic (exact) mass is 707 g/mol. The number of carbonyl (C=O) groups excluding carboxylic acids is 7. The second-order valence-corrected chi connectivity index (χ2v) is 15.1. The Hall–Kier alpha value is -5.21. The number of benzene rings is 2. The minimum atomic E-state index is -5.17. The van der Waals surface area contributed by atoms with Gasteiger partial charge in [-0.3, -0.25) is 53.9 Å². The van der Waals surface area contributed by atoms with Gasteiger partial charge in [0.2, 0.25) is 6.41 Å². The zero-order valence-corrected chi connectivity index (χ0v) is 27.7. The van der Waals surface area contributed by atoms with Crippen LogP contribution in [0.15, 0.2) is 53.4 Å². The number of anilines is 3. The van der Waals surface area contributed by atoms with E-state index in [1.54, 1.807) is 4.72 Å². The first-order valence-electron chi connectivity index (χ1n) is 13.9. The van der Waals surface area contributed by atoms with Gasteiger partial charge >= 0.3 is 27.9 Å². The second kappa shape index (κ2) is 14.3. The number of amides is 4. The number of hydrogen-bond donors (Lipinski definition) is 6. The van der Waals surface area contributed by atoms with Gasteiger partial charge in [0.25, 0.3) is 21.6 Å². The number of piperidine rings is 1. The van der Waals surface area contributed by atoms with E-state index in [0.29, 0.717) is 18.5 Å². The number of nitrogens with zero attached hydrogens (tertiary/aromatic N) is 1. The lowest BCUT2D eigenvalue weighted by Gasteiger charge is -2.46. The molecule has 3 rings (SSSR count). The number of aldehydes is 1. The summed E-state index contributed by atoms with van der Waals surface area (Å²) in [6.07, 6.45) is 0.118. The number of carbonyl (C=O) groups is 7. The van der Waals surface area contributed by atoms with E-state index in [9.17, 15) is 50.4 Å². The Balaban J connectivity index is 1.62. The highest BCUT2D eigenvalue weighted by molar-refractivity contribution is 7.92. The Labute approximate surface area is 275 Å². The molecule has 4 amide bonds. The molecule has 1 fully saturated rings. The molecule has 2 aromatic rings. The molecule has 0 unspecified atom stereocenters. The topological polar surface area (TPSA) is 263 Å². The van der Waals surface area contributed by atoms with E-state index in [1.807, 2.05) is 27.7 Å². The van der Waals surface area contributed by atoms with E-state index in [2.05, 4.69) is 26.2 Å². The molecule has 0 aliphatic carbocycles. The Morgan fingerprint density at radius 2 is 1.40 bits per heavy atom. The van der Waals surface area contributed by atoms with Crippen molar-refractivity contribution >= 4 is 79.3 Å². The van der Waals surface area contributed by atoms with Crippen molar-refractivity contribution in [1.82, 2.24) is 20.4 Å². The van der Waals surface area contributed by atoms with E-state index < -0.39 is 77.1 Å². The lowest BCUT2D eigenvalue weighted by Crippen LogP contribution is -2.63. The molecule has 0 aromatic heterocycles. The molecule has 1 aliphatic heterocycles. The molecule has 48 heavy (non-hydrogen) atoms. The SMILES string of the molecule is CC1(C)CC(NC(=O)C(=O)NNc2ccc(NS(=O)(=O)c3cccc(NS(=O)(=O)N(C=O)C(=O)C(=O)C(=O)C=O)c3)cc2)CC(C)(C)N1. The fourth-order valence-electron chi connectivity index (χ4n) is 5.09. The molecule has 2 aromatic carbocycles. The number of hydrogen-bond acceptors (Lipinski definition) is 13. The molecule has 6 N–H and O–H groups in total. The van der Waals surface area contributed by atoms with Crippen LogP contribution in [0.1, 0.15) is 40.5 Å². The van der Waals surface area contributed by atoms with Gasteiger partial charge in [-0.05, 0) is 83.0 Å². The van der Waals surface area contributed by atoms with E-state index in [1.165, 1.54) is 24.3 Å². The van der Waals surface area contributed by atoms with Crippen molar-refractivity contribution in [3.63, 3.8) is 0 Å². The largest absolute Gasteiger partial charge is 0.345 e. The van der Waals surface area contributed by atoms with Crippen molar-refractivity contribution in [2.75, 3.05) is 14.9 Å². The number of sulfonamides is 1. The number of imide groups is 1. The molecule has 258 valence electrons. The van der Waals surface area contributed by atoms with Crippen LogP contribution in [-0.4, -0.2) is 80.2 Å². The predicted octanol–water partition coefficient (Wildman–Crippen LogP) is -0.665. The molecule has 0 atom stereocenters. The summed E-state index contributed by atoms with van der Waals surface area (Å²) in [4.78, 5) is 80.8. The summed E-state index contributed by atoms with van der Waals surface area (Å²) >= 11 is 0. The van der Waals surface area contributed by atoms with Crippen LogP contribution in [0.5, 0.6) is 0 Å². The third kappa shape index (κ3) is 9.65. The number of nitrogens with one attached hydrogen (secondary N) is 6. The van der Waals surface area contributed by atoms with Gasteiger partial charge in [-0.15, -0.1) is 0 Å². The van der Waals surface area contributed by atoms with E-state index in [0.717, 1.165) is 24.3 Å². The first-order chi connectivity index (χ1) is 22.2. The van der Waals surface area contributed by atoms with Crippen LogP contribution in [0.25, 0.3) is 0 Å². The molecule has 0 bridgehead atoms. The molecule has 0 spiro atoms. The normalized spacial score (nSPS) is 15.6. The van der Waals surface area contributed by atoms with Crippen molar-refractivity contribution in [3.05, 3.63) is 48.5 Å². The second-order valence-electron chi connectivity index (χ2n) is 11.9. The fraction of sp³-hybridized carbons (Fsp3) is 0.321. The van der Waals surface area contributed by atoms with Crippen molar-refractivity contribution < 1.29 is 50.4 Å². The molecule has 1 heterocycles. The van der Waals surface area contributed by atoms with Crippen LogP contribution in [0.2, 0.25) is 0 Å². The quantitative estimate of drug-likeness (QED) is 0.0654. The van der Waals surface area contributed by atoms with Gasteiger partial charge in [0, 0.05) is 22.8 Å². The van der Waals surface area contributed by atoms with Gasteiger partial charge in [-0.25, -0.2) is 8.42 Å². The molecular formula is C28H33N7O11S2. The molecule has 18 nitrogen and oxygen atoms in total. The van der Waals surface area contributed by atoms with Crippen molar-refractivity contribution in [1.29, 1.82) is 0 Å². The Morgan fingerprint density at radius 1 is 0.812 bits per heavy atom. The molecule has 1 aliphatic rings. The van der Waals surface area contributed by atoms with Gasteiger partial charge in [-0.1, -0.05) is 6.07 Å². The lowest BCUT2D eigenvalue weighted by molar-refractivity contribution is -0.149. The van der Waals surface area contributed by atoms with Crippen LogP contribution in [0.4, 0.5) is 17.1 Å². The summed E-state index contributed by atoms with van der Waals surface area (Å²) in [7, 11) is -9.54. The zero-order chi connectivity index (χ0) is 36.1. The summed E-state index contributed by atoms with van der Waals surface area (Å²) in [5.74, 6) is -7.88. The maximum Gasteiger partial charge on any atom is 0.333 e. The Bertz CT molecular complexity index is 1840. The van der Waals surface area contributed by atoms with Crippen molar-refractivity contribution in [2.45, 2.75) is 62.6 Å². The smallest absolute Gasteiger partial charge is 0.333 e. The van der Waals surface area contributed by atoms with E-state index in [4.69, 9.17) is 0 Å². The summed E-state index contributed by atoms with van der Waals surface area (Å²) in [6, 6.07) is 9.30. The lowest BCUT2D eigenvalue weighted by atomic mass is 9.79. The first kappa shape index (κ1) is 37.2. The average Bonchev–Trinajstić information content (AvgIpc) is 2.98. The number of rotatable bonds is 13. The number of hydrazine groups is 1. The fourth-order valence-corrected chi connectivity index (χ4v) is 7.14. The molecule has 0 saturated carbocycles. The first-order valence-corrected chi connectivity index (χ1v) is 16.9. The summed E-state index contributed by atoms with van der Waals surface area (Å²) in [6.45, 7) is 8.03. The van der Waals surface area contributed by atoms with Gasteiger partial charge in [0.05, 0.1) is 16.3 Å². The van der Waals surface area contributed by atoms with Gasteiger partial charge in [-0.2, -0.15) is 12.7 Å². The number of ketones is 2. The highest BCUT2D eigenvalue weighted by atomic mass is 32.2. The Kier molecular flexibility index (Phi) is 11.1. The Morgan fingerprint density at radius 3 is 1.96 bits per heavy atom. The van der Waals surface area contributed by atoms with Crippen LogP contribution < -0.4 is 30.9 Å². The molecular weight excluding hydrogens is 674 g/mol. The highest BCUT2D eigenvalue weighted by Gasteiger charge is 2.39. The summed E-state index contributed by atoms with van der Waals surface area (Å²) < 4.78 is 54.4. The number of Topliss-reactive ketones (excluding diaryl/α,β-unsaturated/α-hetero) is 2. The van der Waals surface area contributed by atoms with Crippen LogP contribution in [0, 0.1) is 0 Å². The maximum absolute atomic E-state index is 13.0. The van der Waals surface area contributed by atoms with Crippen molar-refractivity contribution in [3.8, 4) is 0 Å². The molecule has 0 radical (unpaired) electrons. The third-order valence-corrected chi connectivity index (χ3v) is 9.30. The van der Waals surface area contributed by atoms with E-state index >= 15 is 0 Å². The van der Waals surface area contributed by atoms with Crippen LogP contribution >= 0.6 is 0 Å². The van der Waals surface area contributed by atoms with Crippen LogP contribution in [0.3, 0.4) is 0 Å². The van der Waals surface area contributed by atoms with Gasteiger partial charge in [0.15, 0.2) is 6.29 Å². The van der Waals surface area contributed by atoms with Crippen molar-refractivity contribution in [2.24, 2.45) is 0 Å². The average molecular weight is 708 g/mol. The zero-order valence-electron chi connectivity index (χ0n) is 26.0.